The number of nitrogens with zero attached hydrogens (tertiary/aromatic N) is 5. The van der Waals surface area contributed by atoms with Crippen LogP contribution in [0.25, 0.3) is 17.0 Å². The van der Waals surface area contributed by atoms with Gasteiger partial charge in [0.05, 0.1) is 22.6 Å². The molecule has 27 heavy (non-hydrogen) atoms. The van der Waals surface area contributed by atoms with E-state index in [0.29, 0.717) is 12.3 Å². The Kier molecular flexibility index (Phi) is 4.45. The number of likely N-dealkylation sites (tertiary alicyclic amines) is 1. The zero-order valence-corrected chi connectivity index (χ0v) is 16.3. The fourth-order valence-electron chi connectivity index (χ4n) is 3.90. The summed E-state index contributed by atoms with van der Waals surface area (Å²) < 4.78 is 7.45. The van der Waals surface area contributed by atoms with E-state index in [4.69, 9.17) is 4.52 Å². The van der Waals surface area contributed by atoms with Crippen LogP contribution in [0.1, 0.15) is 49.7 Å². The number of fused-ring (bicyclic) bond motifs is 1. The molecule has 3 aromatic heterocycles. The van der Waals surface area contributed by atoms with Crippen molar-refractivity contribution in [2.24, 2.45) is 5.92 Å². The van der Waals surface area contributed by atoms with E-state index >= 15 is 0 Å². The molecule has 0 unspecified atom stereocenters. The van der Waals surface area contributed by atoms with Crippen LogP contribution in [0.5, 0.6) is 0 Å². The van der Waals surface area contributed by atoms with Gasteiger partial charge in [-0.2, -0.15) is 5.10 Å². The minimum absolute atomic E-state index is 0.00421. The average Bonchev–Trinajstić information content (AvgIpc) is 3.24. The highest BCUT2D eigenvalue weighted by atomic mass is 16.5. The van der Waals surface area contributed by atoms with Gasteiger partial charge in [-0.3, -0.25) is 4.79 Å². The summed E-state index contributed by atoms with van der Waals surface area (Å²) in [5, 5.41) is 8.71. The summed E-state index contributed by atoms with van der Waals surface area (Å²) in [6.45, 7) is 9.28. The third-order valence-corrected chi connectivity index (χ3v) is 5.15. The highest BCUT2D eigenvalue weighted by Crippen LogP contribution is 2.35. The number of carbonyl (C=O) groups excluding carboxylic acids is 1. The lowest BCUT2D eigenvalue weighted by molar-refractivity contribution is -0.135. The van der Waals surface area contributed by atoms with E-state index in [-0.39, 0.29) is 17.7 Å². The van der Waals surface area contributed by atoms with E-state index in [1.54, 1.807) is 0 Å². The maximum Gasteiger partial charge on any atom is 0.225 e. The molecule has 1 fully saturated rings. The van der Waals surface area contributed by atoms with Crippen LogP contribution >= 0.6 is 0 Å². The zero-order valence-electron chi connectivity index (χ0n) is 16.3. The first kappa shape index (κ1) is 17.7. The van der Waals surface area contributed by atoms with Gasteiger partial charge in [-0.25, -0.2) is 9.50 Å². The second kappa shape index (κ2) is 6.79. The third-order valence-electron chi connectivity index (χ3n) is 5.15. The molecule has 0 N–H and O–H groups in total. The summed E-state index contributed by atoms with van der Waals surface area (Å²) in [6, 6.07) is 3.89. The predicted octanol–water partition coefficient (Wildman–Crippen LogP) is 3.36. The Hall–Kier alpha value is -2.70. The number of aromatic nitrogens is 4. The van der Waals surface area contributed by atoms with Crippen molar-refractivity contribution >= 4 is 11.6 Å². The largest absolute Gasteiger partial charge is 0.356 e. The molecule has 142 valence electrons. The summed E-state index contributed by atoms with van der Waals surface area (Å²) in [6.07, 6.45) is 3.82. The van der Waals surface area contributed by atoms with Crippen molar-refractivity contribution in [1.82, 2.24) is 24.7 Å². The molecule has 0 aromatic carbocycles. The number of hydrogen-bond donors (Lipinski definition) is 0. The van der Waals surface area contributed by atoms with Crippen LogP contribution in [0.4, 0.5) is 0 Å². The minimum Gasteiger partial charge on any atom is -0.356 e. The number of hydrogen-bond acceptors (Lipinski definition) is 5. The van der Waals surface area contributed by atoms with Crippen molar-refractivity contribution in [3.63, 3.8) is 0 Å². The predicted molar refractivity (Wildman–Crippen MR) is 101 cm³/mol. The molecule has 0 radical (unpaired) electrons. The molecule has 7 heteroatoms. The molecule has 1 amide bonds. The van der Waals surface area contributed by atoms with E-state index in [9.17, 15) is 4.79 Å². The zero-order chi connectivity index (χ0) is 19.1. The fraction of sp³-hybridized carbons (Fsp3) is 0.500. The minimum atomic E-state index is 0.00421. The van der Waals surface area contributed by atoms with Crippen molar-refractivity contribution < 1.29 is 9.32 Å². The van der Waals surface area contributed by atoms with Gasteiger partial charge in [0, 0.05) is 43.3 Å². The molecule has 4 heterocycles. The van der Waals surface area contributed by atoms with Crippen LogP contribution in [0.2, 0.25) is 0 Å². The monoisotopic (exact) mass is 367 g/mol. The first-order valence-corrected chi connectivity index (χ1v) is 9.52. The van der Waals surface area contributed by atoms with Gasteiger partial charge in [0.1, 0.15) is 0 Å². The van der Waals surface area contributed by atoms with Crippen molar-refractivity contribution in [2.75, 3.05) is 13.1 Å². The lowest BCUT2D eigenvalue weighted by Gasteiger charge is -2.34. The summed E-state index contributed by atoms with van der Waals surface area (Å²) in [5.41, 5.74) is 4.50. The molecule has 0 spiro atoms. The highest BCUT2D eigenvalue weighted by Gasteiger charge is 2.30. The molecule has 1 atom stereocenters. The van der Waals surface area contributed by atoms with Gasteiger partial charge < -0.3 is 9.42 Å². The van der Waals surface area contributed by atoms with Gasteiger partial charge in [-0.15, -0.1) is 0 Å². The topological polar surface area (TPSA) is 76.5 Å². The van der Waals surface area contributed by atoms with Crippen LogP contribution in [-0.4, -0.2) is 43.7 Å². The summed E-state index contributed by atoms with van der Waals surface area (Å²) in [5.74, 6) is 1.08. The van der Waals surface area contributed by atoms with Crippen LogP contribution in [-0.2, 0) is 4.79 Å². The Balaban J connectivity index is 1.82. The van der Waals surface area contributed by atoms with Gasteiger partial charge in [-0.1, -0.05) is 19.0 Å². The third kappa shape index (κ3) is 3.22. The summed E-state index contributed by atoms with van der Waals surface area (Å²) in [4.78, 5) is 19.1. The molecular weight excluding hydrogens is 342 g/mol. The van der Waals surface area contributed by atoms with Crippen LogP contribution in [0.15, 0.2) is 22.9 Å². The van der Waals surface area contributed by atoms with Crippen molar-refractivity contribution in [1.29, 1.82) is 0 Å². The van der Waals surface area contributed by atoms with E-state index in [0.717, 1.165) is 47.7 Å². The summed E-state index contributed by atoms with van der Waals surface area (Å²) >= 11 is 0. The molecule has 1 saturated heterocycles. The van der Waals surface area contributed by atoms with Crippen LogP contribution < -0.4 is 0 Å². The van der Waals surface area contributed by atoms with E-state index in [2.05, 4.69) is 15.2 Å². The van der Waals surface area contributed by atoms with Gasteiger partial charge in [0.25, 0.3) is 0 Å². The van der Waals surface area contributed by atoms with Gasteiger partial charge >= 0.3 is 0 Å². The maximum absolute atomic E-state index is 12.6. The lowest BCUT2D eigenvalue weighted by atomic mass is 9.90. The fourth-order valence-corrected chi connectivity index (χ4v) is 3.90. The van der Waals surface area contributed by atoms with Gasteiger partial charge in [0.15, 0.2) is 11.4 Å². The molecule has 1 aliphatic heterocycles. The van der Waals surface area contributed by atoms with E-state index in [1.165, 1.54) is 0 Å². The van der Waals surface area contributed by atoms with Gasteiger partial charge in [0.2, 0.25) is 5.91 Å². The Morgan fingerprint density at radius 1 is 1.26 bits per heavy atom. The number of piperidine rings is 1. The van der Waals surface area contributed by atoms with Crippen LogP contribution in [0.3, 0.4) is 0 Å². The quantitative estimate of drug-likeness (QED) is 0.709. The molecule has 0 aliphatic carbocycles. The Morgan fingerprint density at radius 3 is 2.78 bits per heavy atom. The lowest BCUT2D eigenvalue weighted by Crippen LogP contribution is -2.41. The summed E-state index contributed by atoms with van der Waals surface area (Å²) in [7, 11) is 0. The smallest absolute Gasteiger partial charge is 0.225 e. The maximum atomic E-state index is 12.6. The number of aryl methyl sites for hydroxylation is 2. The van der Waals surface area contributed by atoms with Gasteiger partial charge in [-0.05, 0) is 26.7 Å². The molecule has 7 nitrogen and oxygen atoms in total. The first-order valence-electron chi connectivity index (χ1n) is 9.52. The van der Waals surface area contributed by atoms with Crippen molar-refractivity contribution in [3.05, 3.63) is 35.4 Å². The Bertz CT molecular complexity index is 988. The number of amides is 1. The Morgan fingerprint density at radius 2 is 2.07 bits per heavy atom. The standard InChI is InChI=1S/C20H25N5O2/c1-12(2)20(26)24-7-5-6-15(11-24)19-16(17-8-14(4)23-27-17)10-21-18-9-13(3)22-25(18)19/h8-10,12,15H,5-7,11H2,1-4H3/t15-/m0/s1. The number of rotatable bonds is 3. The first-order chi connectivity index (χ1) is 12.9. The van der Waals surface area contributed by atoms with E-state index < -0.39 is 0 Å². The van der Waals surface area contributed by atoms with Crippen molar-refractivity contribution in [3.8, 4) is 11.3 Å². The molecule has 0 saturated carbocycles. The molecule has 3 aromatic rings. The Labute approximate surface area is 158 Å². The van der Waals surface area contributed by atoms with E-state index in [1.807, 2.05) is 55.4 Å². The molecule has 0 bridgehead atoms. The average molecular weight is 367 g/mol. The van der Waals surface area contributed by atoms with Crippen LogP contribution in [0, 0.1) is 19.8 Å². The SMILES string of the molecule is Cc1cc(-c2cnc3cc(C)nn3c2[C@H]2CCCN(C(=O)C(C)C)C2)on1. The second-order valence-electron chi connectivity index (χ2n) is 7.72. The second-order valence-corrected chi connectivity index (χ2v) is 7.72. The number of carbonyl (C=O) groups is 1. The molecule has 1 aliphatic rings. The highest BCUT2D eigenvalue weighted by molar-refractivity contribution is 5.78. The van der Waals surface area contributed by atoms with Crippen molar-refractivity contribution in [2.45, 2.75) is 46.5 Å². The molecular formula is C20H25N5O2. The normalized spacial score (nSPS) is 17.8. The molecule has 4 rings (SSSR count).